The lowest BCUT2D eigenvalue weighted by Gasteiger charge is -2.26. The van der Waals surface area contributed by atoms with Gasteiger partial charge in [0.05, 0.1) is 24.5 Å². The summed E-state index contributed by atoms with van der Waals surface area (Å²) in [6, 6.07) is 0. The summed E-state index contributed by atoms with van der Waals surface area (Å²) in [5, 5.41) is 0. The summed E-state index contributed by atoms with van der Waals surface area (Å²) in [5.41, 5.74) is 0. The first-order valence-electron chi connectivity index (χ1n) is 5.26. The van der Waals surface area contributed by atoms with Crippen molar-refractivity contribution in [2.45, 2.75) is 37.6 Å². The van der Waals surface area contributed by atoms with Crippen molar-refractivity contribution in [3.8, 4) is 0 Å². The van der Waals surface area contributed by atoms with E-state index in [-0.39, 0.29) is 23.9 Å². The maximum atomic E-state index is 11.6. The average molecular weight is 212 g/mol. The maximum absolute atomic E-state index is 11.6. The van der Waals surface area contributed by atoms with E-state index < -0.39 is 17.7 Å². The summed E-state index contributed by atoms with van der Waals surface area (Å²) in [7, 11) is 0. The minimum atomic E-state index is -0.851. The molecule has 0 bridgehead atoms. The van der Waals surface area contributed by atoms with Crippen LogP contribution in [0.15, 0.2) is 0 Å². The van der Waals surface area contributed by atoms with Gasteiger partial charge in [-0.05, 0) is 6.92 Å². The van der Waals surface area contributed by atoms with Crippen LogP contribution in [0.3, 0.4) is 0 Å². The van der Waals surface area contributed by atoms with Gasteiger partial charge in [-0.15, -0.1) is 0 Å². The molecular weight excluding hydrogens is 200 g/mol. The molecule has 0 radical (unpaired) electrons. The second-order valence-corrected chi connectivity index (χ2v) is 5.01. The third-order valence-electron chi connectivity index (χ3n) is 4.12. The van der Waals surface area contributed by atoms with Gasteiger partial charge >= 0.3 is 5.97 Å². The Morgan fingerprint density at radius 2 is 2.07 bits per heavy atom. The predicted molar refractivity (Wildman–Crippen MR) is 45.6 cm³/mol. The molecule has 6 atom stereocenters. The molecule has 4 aliphatic rings. The molecule has 5 nitrogen and oxygen atoms in total. The molecule has 4 heterocycles. The van der Waals surface area contributed by atoms with Crippen LogP contribution in [0.2, 0.25) is 0 Å². The van der Waals surface area contributed by atoms with Crippen molar-refractivity contribution in [1.82, 2.24) is 0 Å². The van der Waals surface area contributed by atoms with Gasteiger partial charge in [-0.3, -0.25) is 0 Å². The first-order valence-corrected chi connectivity index (χ1v) is 5.26. The van der Waals surface area contributed by atoms with Gasteiger partial charge in [-0.25, -0.2) is 4.79 Å². The number of carbonyl (C=O) groups is 1. The van der Waals surface area contributed by atoms with Crippen LogP contribution in [0.25, 0.3) is 0 Å². The van der Waals surface area contributed by atoms with Crippen LogP contribution in [0.5, 0.6) is 0 Å². The van der Waals surface area contributed by atoms with Crippen LogP contribution in [0.4, 0.5) is 0 Å². The van der Waals surface area contributed by atoms with Crippen molar-refractivity contribution >= 4 is 5.97 Å². The quantitative estimate of drug-likeness (QED) is 0.530. The summed E-state index contributed by atoms with van der Waals surface area (Å²) in [6.45, 7) is 4.21. The van der Waals surface area contributed by atoms with Crippen LogP contribution >= 0.6 is 0 Å². The SMILES string of the molecule is CC12OCC3OC4C(=O)OC(C)(O1)C4C32. The molecule has 4 saturated heterocycles. The number of rotatable bonds is 0. The van der Waals surface area contributed by atoms with Gasteiger partial charge in [-0.2, -0.15) is 0 Å². The Kier molecular flexibility index (Phi) is 1.17. The van der Waals surface area contributed by atoms with Crippen molar-refractivity contribution < 1.29 is 23.7 Å². The molecule has 0 aliphatic carbocycles. The van der Waals surface area contributed by atoms with Crippen LogP contribution in [0.1, 0.15) is 13.8 Å². The second kappa shape index (κ2) is 2.07. The highest BCUT2D eigenvalue weighted by Crippen LogP contribution is 2.61. The molecule has 15 heavy (non-hydrogen) atoms. The molecule has 0 aromatic rings. The van der Waals surface area contributed by atoms with Crippen molar-refractivity contribution in [3.05, 3.63) is 0 Å². The molecule has 82 valence electrons. The highest BCUT2D eigenvalue weighted by Gasteiger charge is 2.77. The normalized spacial score (nSPS) is 64.8. The lowest BCUT2D eigenvalue weighted by atomic mass is 9.83. The Hall–Kier alpha value is -0.650. The molecule has 0 amide bonds. The highest BCUT2D eigenvalue weighted by atomic mass is 16.8. The van der Waals surface area contributed by atoms with E-state index in [1.165, 1.54) is 0 Å². The van der Waals surface area contributed by atoms with Crippen LogP contribution in [0, 0.1) is 11.8 Å². The number of carbonyl (C=O) groups excluding carboxylic acids is 1. The summed E-state index contributed by atoms with van der Waals surface area (Å²) in [4.78, 5) is 11.6. The van der Waals surface area contributed by atoms with E-state index in [1.807, 2.05) is 6.92 Å². The van der Waals surface area contributed by atoms with E-state index >= 15 is 0 Å². The van der Waals surface area contributed by atoms with Gasteiger partial charge in [0.15, 0.2) is 11.9 Å². The van der Waals surface area contributed by atoms with E-state index in [1.54, 1.807) is 6.92 Å². The molecule has 0 aromatic heterocycles. The smallest absolute Gasteiger partial charge is 0.338 e. The summed E-state index contributed by atoms with van der Waals surface area (Å²) >= 11 is 0. The van der Waals surface area contributed by atoms with Crippen molar-refractivity contribution in [2.24, 2.45) is 11.8 Å². The molecule has 0 saturated carbocycles. The van der Waals surface area contributed by atoms with Crippen LogP contribution < -0.4 is 0 Å². The standard InChI is InChI=1S/C10H12O5/c1-9-5-4(3-12-9)13-7-6(5)10(2,15-9)14-8(7)11/h4-7H,3H2,1-2H3. The van der Waals surface area contributed by atoms with Gasteiger partial charge in [0.25, 0.3) is 0 Å². The Morgan fingerprint density at radius 3 is 2.87 bits per heavy atom. The fourth-order valence-electron chi connectivity index (χ4n) is 3.65. The summed E-state index contributed by atoms with van der Waals surface area (Å²) in [5.74, 6) is -1.67. The first kappa shape index (κ1) is 8.50. The molecule has 0 N–H and O–H groups in total. The van der Waals surface area contributed by atoms with Gasteiger partial charge in [-0.1, -0.05) is 0 Å². The number of ether oxygens (including phenoxy) is 4. The van der Waals surface area contributed by atoms with Gasteiger partial charge in [0.1, 0.15) is 0 Å². The first-order chi connectivity index (χ1) is 7.04. The van der Waals surface area contributed by atoms with Crippen molar-refractivity contribution in [2.75, 3.05) is 6.61 Å². The molecule has 0 spiro atoms. The fourth-order valence-corrected chi connectivity index (χ4v) is 3.65. The monoisotopic (exact) mass is 212 g/mol. The molecule has 4 rings (SSSR count). The molecule has 6 unspecified atom stereocenters. The number of hydrogen-bond acceptors (Lipinski definition) is 5. The second-order valence-electron chi connectivity index (χ2n) is 5.01. The summed E-state index contributed by atoms with van der Waals surface area (Å²) < 4.78 is 22.4. The topological polar surface area (TPSA) is 54.0 Å². The molecule has 5 heteroatoms. The highest BCUT2D eigenvalue weighted by molar-refractivity contribution is 5.79. The fraction of sp³-hybridized carbons (Fsp3) is 0.900. The number of hydrogen-bond donors (Lipinski definition) is 0. The van der Waals surface area contributed by atoms with E-state index in [4.69, 9.17) is 18.9 Å². The zero-order valence-electron chi connectivity index (χ0n) is 8.56. The van der Waals surface area contributed by atoms with Crippen molar-refractivity contribution in [1.29, 1.82) is 0 Å². The molecule has 0 aromatic carbocycles. The predicted octanol–water partition coefficient (Wildman–Crippen LogP) is 0.0358. The largest absolute Gasteiger partial charge is 0.431 e. The van der Waals surface area contributed by atoms with Gasteiger partial charge < -0.3 is 18.9 Å². The van der Waals surface area contributed by atoms with E-state index in [0.29, 0.717) is 6.61 Å². The Labute approximate surface area is 86.6 Å². The van der Waals surface area contributed by atoms with E-state index in [0.717, 1.165) is 0 Å². The molecule has 4 aliphatic heterocycles. The Morgan fingerprint density at radius 1 is 1.27 bits per heavy atom. The Bertz CT molecular complexity index is 369. The minimum absolute atomic E-state index is 0.0116. The number of esters is 1. The minimum Gasteiger partial charge on any atom is -0.431 e. The van der Waals surface area contributed by atoms with E-state index in [9.17, 15) is 4.79 Å². The van der Waals surface area contributed by atoms with Crippen molar-refractivity contribution in [3.63, 3.8) is 0 Å². The maximum Gasteiger partial charge on any atom is 0.338 e. The zero-order valence-corrected chi connectivity index (χ0v) is 8.56. The van der Waals surface area contributed by atoms with Gasteiger partial charge in [0.2, 0.25) is 5.79 Å². The Balaban J connectivity index is 1.88. The third-order valence-corrected chi connectivity index (χ3v) is 4.12. The molecular formula is C10H12O5. The van der Waals surface area contributed by atoms with Gasteiger partial charge in [0, 0.05) is 6.92 Å². The van der Waals surface area contributed by atoms with E-state index in [2.05, 4.69) is 0 Å². The van der Waals surface area contributed by atoms with Crippen LogP contribution in [-0.2, 0) is 23.7 Å². The lowest BCUT2D eigenvalue weighted by molar-refractivity contribution is -0.287. The zero-order chi connectivity index (χ0) is 10.4. The third kappa shape index (κ3) is 0.736. The lowest BCUT2D eigenvalue weighted by Crippen LogP contribution is -2.35. The average Bonchev–Trinajstić information content (AvgIpc) is 2.73. The van der Waals surface area contributed by atoms with Crippen LogP contribution in [-0.4, -0.2) is 36.4 Å². The summed E-state index contributed by atoms with van der Waals surface area (Å²) in [6.07, 6.45) is -0.463. The molecule has 4 fully saturated rings.